The van der Waals surface area contributed by atoms with Crippen LogP contribution in [0.3, 0.4) is 0 Å². The van der Waals surface area contributed by atoms with Crippen molar-refractivity contribution >= 4 is 40.9 Å². The van der Waals surface area contributed by atoms with Gasteiger partial charge in [0.1, 0.15) is 11.9 Å². The number of halogens is 2. The number of hydrogen-bond donors (Lipinski definition) is 2. The molecule has 6 nitrogen and oxygen atoms in total. The van der Waals surface area contributed by atoms with Gasteiger partial charge in [-0.25, -0.2) is 9.18 Å². The molecule has 1 aliphatic rings. The normalized spacial score (nSPS) is 14.5. The Balaban J connectivity index is 1.38. The number of carboxylic acids is 1. The van der Waals surface area contributed by atoms with Crippen LogP contribution in [0.5, 0.6) is 0 Å². The second-order valence-corrected chi connectivity index (χ2v) is 11.0. The monoisotopic (exact) mass is 564 g/mol. The van der Waals surface area contributed by atoms with E-state index >= 15 is 4.39 Å². The average molecular weight is 565 g/mol. The minimum atomic E-state index is -0.832. The minimum Gasteiger partial charge on any atom is -0.481 e. The number of nitrogens with zero attached hydrogens (tertiary/aromatic N) is 1. The quantitative estimate of drug-likeness (QED) is 0.235. The Morgan fingerprint density at radius 3 is 2.44 bits per heavy atom. The molecule has 1 saturated carbocycles. The van der Waals surface area contributed by atoms with Crippen molar-refractivity contribution in [2.45, 2.75) is 45.1 Å². The minimum absolute atomic E-state index is 0.205. The molecule has 1 amide bonds. The first kappa shape index (κ1) is 26.8. The molecule has 5 rings (SSSR count). The van der Waals surface area contributed by atoms with Gasteiger partial charge in [0.05, 0.1) is 21.7 Å². The fourth-order valence-corrected chi connectivity index (χ4v) is 5.90. The highest BCUT2D eigenvalue weighted by Crippen LogP contribution is 2.49. The van der Waals surface area contributed by atoms with Crippen LogP contribution in [0.2, 0.25) is 5.02 Å². The van der Waals surface area contributed by atoms with Gasteiger partial charge in [0.15, 0.2) is 0 Å². The van der Waals surface area contributed by atoms with E-state index in [1.807, 2.05) is 31.2 Å². The van der Waals surface area contributed by atoms with Gasteiger partial charge in [-0.15, -0.1) is 0 Å². The van der Waals surface area contributed by atoms with Gasteiger partial charge in [-0.1, -0.05) is 60.1 Å². The molecule has 0 bridgehead atoms. The molecule has 2 N–H and O–H groups in total. The molecule has 1 aliphatic carbocycles. The Bertz CT molecular complexity index is 1580. The molecule has 1 aromatic heterocycles. The van der Waals surface area contributed by atoms with Gasteiger partial charge in [0, 0.05) is 16.1 Å². The summed E-state index contributed by atoms with van der Waals surface area (Å²) in [5.41, 5.74) is 4.05. The van der Waals surface area contributed by atoms with E-state index in [9.17, 15) is 14.7 Å². The van der Waals surface area contributed by atoms with E-state index in [2.05, 4.69) is 9.69 Å². The van der Waals surface area contributed by atoms with Crippen LogP contribution in [0.4, 0.5) is 14.9 Å². The van der Waals surface area contributed by atoms with E-state index in [4.69, 9.17) is 16.3 Å². The maximum Gasteiger partial charge on any atom is 0.412 e. The Morgan fingerprint density at radius 1 is 1.10 bits per heavy atom. The summed E-state index contributed by atoms with van der Waals surface area (Å²) in [5, 5.41) is 12.6. The number of aromatic nitrogens is 1. The molecule has 3 aromatic carbocycles. The predicted octanol–water partition coefficient (Wildman–Crippen LogP) is 8.31. The molecule has 0 unspecified atom stereocenters. The van der Waals surface area contributed by atoms with Gasteiger partial charge in [-0.2, -0.15) is 4.37 Å². The fourth-order valence-electron chi connectivity index (χ4n) is 4.76. The van der Waals surface area contributed by atoms with Crippen LogP contribution < -0.4 is 5.32 Å². The molecule has 200 valence electrons. The predicted molar refractivity (Wildman–Crippen MR) is 151 cm³/mol. The lowest BCUT2D eigenvalue weighted by atomic mass is 9.93. The second-order valence-electron chi connectivity index (χ2n) is 9.78. The summed E-state index contributed by atoms with van der Waals surface area (Å²) in [6.07, 6.45) is 0.0563. The third-order valence-electron chi connectivity index (χ3n) is 7.21. The SMILES string of the molecule is Cc1ccccc1[C@@H](C)OC(=O)Nc1c(C)nsc1-c1cc(Cl)c(-c2ccc(C3(C(=O)O)CC3)cc2)cc1F. The largest absolute Gasteiger partial charge is 0.481 e. The Labute approximate surface area is 234 Å². The van der Waals surface area contributed by atoms with E-state index in [0.29, 0.717) is 45.2 Å². The lowest BCUT2D eigenvalue weighted by Crippen LogP contribution is -2.19. The first-order valence-corrected chi connectivity index (χ1v) is 13.6. The maximum absolute atomic E-state index is 15.5. The van der Waals surface area contributed by atoms with Gasteiger partial charge in [-0.3, -0.25) is 10.1 Å². The number of anilines is 1. The summed E-state index contributed by atoms with van der Waals surface area (Å²) < 4.78 is 25.4. The Morgan fingerprint density at radius 2 is 1.79 bits per heavy atom. The number of hydrogen-bond acceptors (Lipinski definition) is 5. The zero-order chi connectivity index (χ0) is 27.9. The maximum atomic E-state index is 15.5. The number of carbonyl (C=O) groups excluding carboxylic acids is 1. The van der Waals surface area contributed by atoms with Crippen LogP contribution in [-0.2, 0) is 14.9 Å². The van der Waals surface area contributed by atoms with Gasteiger partial charge in [0.25, 0.3) is 0 Å². The van der Waals surface area contributed by atoms with Crippen molar-refractivity contribution in [2.24, 2.45) is 0 Å². The number of aliphatic carboxylic acids is 1. The molecule has 9 heteroatoms. The van der Waals surface area contributed by atoms with Crippen LogP contribution in [0.1, 0.15) is 48.3 Å². The van der Waals surface area contributed by atoms with Crippen molar-refractivity contribution in [3.05, 3.63) is 93.9 Å². The first-order chi connectivity index (χ1) is 18.6. The summed E-state index contributed by atoms with van der Waals surface area (Å²) in [4.78, 5) is 24.8. The number of carboxylic acid groups (broad SMARTS) is 1. The van der Waals surface area contributed by atoms with E-state index in [1.165, 1.54) is 12.1 Å². The van der Waals surface area contributed by atoms with Crippen molar-refractivity contribution in [3.8, 4) is 21.6 Å². The zero-order valence-corrected chi connectivity index (χ0v) is 23.1. The molecule has 0 spiro atoms. The van der Waals surface area contributed by atoms with Crippen LogP contribution in [0.25, 0.3) is 21.6 Å². The second kappa shape index (κ2) is 10.4. The summed E-state index contributed by atoms with van der Waals surface area (Å²) in [6.45, 7) is 5.46. The molecular weight excluding hydrogens is 539 g/mol. The highest BCUT2D eigenvalue weighted by atomic mass is 35.5. The summed E-state index contributed by atoms with van der Waals surface area (Å²) in [5.74, 6) is -1.36. The number of aryl methyl sites for hydroxylation is 2. The van der Waals surface area contributed by atoms with Crippen molar-refractivity contribution in [2.75, 3.05) is 5.32 Å². The standard InChI is InChI=1S/C30H26ClFN2O4S/c1-16-6-4-5-7-21(16)18(3)38-29(37)33-26-17(2)34-39-27(26)23-14-24(31)22(15-25(23)32)19-8-10-20(11-9-19)30(12-13-30)28(35)36/h4-11,14-15,18H,12-13H2,1-3H3,(H,33,37)(H,35,36)/t18-/m1/s1. The number of carbonyl (C=O) groups is 2. The first-order valence-electron chi connectivity index (χ1n) is 12.4. The molecule has 0 aliphatic heterocycles. The van der Waals surface area contributed by atoms with E-state index in [1.54, 1.807) is 38.1 Å². The third-order valence-corrected chi connectivity index (χ3v) is 8.49. The van der Waals surface area contributed by atoms with Crippen molar-refractivity contribution in [1.29, 1.82) is 0 Å². The highest BCUT2D eigenvalue weighted by molar-refractivity contribution is 7.10. The smallest absolute Gasteiger partial charge is 0.412 e. The molecule has 0 saturated heterocycles. The summed E-state index contributed by atoms with van der Waals surface area (Å²) >= 11 is 7.66. The zero-order valence-electron chi connectivity index (χ0n) is 21.5. The van der Waals surface area contributed by atoms with E-state index < -0.39 is 29.4 Å². The molecule has 1 fully saturated rings. The van der Waals surface area contributed by atoms with Gasteiger partial charge < -0.3 is 9.84 Å². The Hall–Kier alpha value is -3.75. The Kier molecular flexibility index (Phi) is 7.18. The van der Waals surface area contributed by atoms with Crippen molar-refractivity contribution < 1.29 is 23.8 Å². The lowest BCUT2D eigenvalue weighted by Gasteiger charge is -2.17. The van der Waals surface area contributed by atoms with Gasteiger partial charge in [0.2, 0.25) is 0 Å². The molecule has 1 heterocycles. The van der Waals surface area contributed by atoms with Gasteiger partial charge >= 0.3 is 12.1 Å². The lowest BCUT2D eigenvalue weighted by molar-refractivity contribution is -0.140. The third kappa shape index (κ3) is 5.14. The van der Waals surface area contributed by atoms with Crippen molar-refractivity contribution in [1.82, 2.24) is 4.37 Å². The van der Waals surface area contributed by atoms with E-state index in [-0.39, 0.29) is 5.56 Å². The van der Waals surface area contributed by atoms with E-state index in [0.717, 1.165) is 28.2 Å². The molecule has 1 atom stereocenters. The van der Waals surface area contributed by atoms with Crippen LogP contribution in [0, 0.1) is 19.7 Å². The van der Waals surface area contributed by atoms with Crippen LogP contribution in [-0.4, -0.2) is 21.5 Å². The topological polar surface area (TPSA) is 88.5 Å². The molecule has 39 heavy (non-hydrogen) atoms. The summed E-state index contributed by atoms with van der Waals surface area (Å²) in [6, 6.07) is 17.5. The molecular formula is C30H26ClFN2O4S. The van der Waals surface area contributed by atoms with Gasteiger partial charge in [-0.05, 0) is 79.5 Å². The molecule has 0 radical (unpaired) electrons. The number of ether oxygens (including phenoxy) is 1. The van der Waals surface area contributed by atoms with Crippen LogP contribution >= 0.6 is 23.1 Å². The number of rotatable bonds is 7. The number of amides is 1. The number of nitrogens with one attached hydrogen (secondary N) is 1. The number of benzene rings is 3. The van der Waals surface area contributed by atoms with Crippen LogP contribution in [0.15, 0.2) is 60.7 Å². The fraction of sp³-hybridized carbons (Fsp3) is 0.233. The average Bonchev–Trinajstić information content (AvgIpc) is 3.65. The summed E-state index contributed by atoms with van der Waals surface area (Å²) in [7, 11) is 0. The van der Waals surface area contributed by atoms with Crippen molar-refractivity contribution in [3.63, 3.8) is 0 Å². The molecule has 4 aromatic rings. The highest BCUT2D eigenvalue weighted by Gasteiger charge is 2.51.